The van der Waals surface area contributed by atoms with Crippen LogP contribution in [0.15, 0.2) is 28.7 Å². The van der Waals surface area contributed by atoms with Gasteiger partial charge in [0.15, 0.2) is 0 Å². The second-order valence-corrected chi connectivity index (χ2v) is 6.85. The summed E-state index contributed by atoms with van der Waals surface area (Å²) in [6.45, 7) is 2.80. The normalized spacial score (nSPS) is 16.4. The average molecular weight is 347 g/mol. The van der Waals surface area contributed by atoms with E-state index >= 15 is 0 Å². The molecule has 0 amide bonds. The summed E-state index contributed by atoms with van der Waals surface area (Å²) >= 11 is 1.37. The van der Waals surface area contributed by atoms with Crippen LogP contribution in [0.4, 0.5) is 15.3 Å². The molecule has 3 rings (SSSR count). The van der Waals surface area contributed by atoms with E-state index in [4.69, 9.17) is 5.73 Å². The van der Waals surface area contributed by atoms with E-state index in [1.165, 1.54) is 43.1 Å². The molecule has 1 aliphatic heterocycles. The zero-order valence-corrected chi connectivity index (χ0v) is 14.4. The molecule has 1 aromatic heterocycles. The molecule has 0 radical (unpaired) electrons. The minimum atomic E-state index is -0.179. The van der Waals surface area contributed by atoms with Crippen molar-refractivity contribution in [3.05, 3.63) is 40.5 Å². The van der Waals surface area contributed by atoms with E-state index < -0.39 is 0 Å². The molecule has 1 aromatic carbocycles. The number of anilines is 2. The SMILES string of the molecule is Nc1csc(NN=Cc2ccc(CN3CCCCCC3)c(F)c2)n1. The Balaban J connectivity index is 1.59. The standard InChI is InChI=1S/C17H22FN5S/c18-15-9-13(10-20-22-17-21-16(19)12-24-17)5-6-14(15)11-23-7-3-1-2-4-8-23/h5-6,9-10,12H,1-4,7-8,11,19H2,(H,21,22). The van der Waals surface area contributed by atoms with Crippen LogP contribution in [0.2, 0.25) is 0 Å². The summed E-state index contributed by atoms with van der Waals surface area (Å²) in [6.07, 6.45) is 6.56. The number of nitrogens with one attached hydrogen (secondary N) is 1. The van der Waals surface area contributed by atoms with Crippen LogP contribution in [0.3, 0.4) is 0 Å². The minimum Gasteiger partial charge on any atom is -0.383 e. The van der Waals surface area contributed by atoms with Gasteiger partial charge in [0.2, 0.25) is 5.13 Å². The average Bonchev–Trinajstić information content (AvgIpc) is 2.82. The van der Waals surface area contributed by atoms with Crippen molar-refractivity contribution in [1.82, 2.24) is 9.88 Å². The number of nitrogens with zero attached hydrogens (tertiary/aromatic N) is 3. The minimum absolute atomic E-state index is 0.179. The Labute approximate surface area is 145 Å². The molecule has 5 nitrogen and oxygen atoms in total. The van der Waals surface area contributed by atoms with Crippen LogP contribution in [0.25, 0.3) is 0 Å². The van der Waals surface area contributed by atoms with Gasteiger partial charge in [-0.2, -0.15) is 5.10 Å². The van der Waals surface area contributed by atoms with Gasteiger partial charge in [0.05, 0.1) is 6.21 Å². The van der Waals surface area contributed by atoms with Crippen molar-refractivity contribution in [2.75, 3.05) is 24.2 Å². The number of nitrogens with two attached hydrogens (primary N) is 1. The van der Waals surface area contributed by atoms with E-state index in [-0.39, 0.29) is 5.82 Å². The fourth-order valence-corrected chi connectivity index (χ4v) is 3.36. The van der Waals surface area contributed by atoms with E-state index in [1.54, 1.807) is 11.6 Å². The lowest BCUT2D eigenvalue weighted by atomic mass is 10.1. The lowest BCUT2D eigenvalue weighted by Gasteiger charge is -2.20. The Kier molecular flexibility index (Phi) is 5.77. The van der Waals surface area contributed by atoms with Crippen molar-refractivity contribution in [1.29, 1.82) is 0 Å². The molecule has 2 heterocycles. The van der Waals surface area contributed by atoms with E-state index in [2.05, 4.69) is 20.4 Å². The molecule has 0 spiro atoms. The zero-order valence-electron chi connectivity index (χ0n) is 13.5. The van der Waals surface area contributed by atoms with Crippen LogP contribution >= 0.6 is 11.3 Å². The van der Waals surface area contributed by atoms with Crippen LogP contribution in [-0.4, -0.2) is 29.2 Å². The van der Waals surface area contributed by atoms with Gasteiger partial charge in [-0.3, -0.25) is 10.3 Å². The fourth-order valence-electron chi connectivity index (χ4n) is 2.81. The molecular weight excluding hydrogens is 325 g/mol. The summed E-state index contributed by atoms with van der Waals surface area (Å²) in [5, 5.41) is 6.41. The summed E-state index contributed by atoms with van der Waals surface area (Å²) in [5.74, 6) is 0.281. The number of nitrogen functional groups attached to an aromatic ring is 1. The highest BCUT2D eigenvalue weighted by Crippen LogP contribution is 2.17. The summed E-state index contributed by atoms with van der Waals surface area (Å²) in [7, 11) is 0. The molecule has 1 saturated heterocycles. The quantitative estimate of drug-likeness (QED) is 0.639. The van der Waals surface area contributed by atoms with Gasteiger partial charge < -0.3 is 5.73 Å². The van der Waals surface area contributed by atoms with Crippen molar-refractivity contribution < 1.29 is 4.39 Å². The van der Waals surface area contributed by atoms with Gasteiger partial charge >= 0.3 is 0 Å². The van der Waals surface area contributed by atoms with Crippen LogP contribution in [0.1, 0.15) is 36.8 Å². The number of benzene rings is 1. The van der Waals surface area contributed by atoms with E-state index in [0.717, 1.165) is 18.7 Å². The van der Waals surface area contributed by atoms with Crippen LogP contribution < -0.4 is 11.2 Å². The summed E-state index contributed by atoms with van der Waals surface area (Å²) in [4.78, 5) is 6.38. The lowest BCUT2D eigenvalue weighted by Crippen LogP contribution is -2.24. The molecule has 24 heavy (non-hydrogen) atoms. The number of likely N-dealkylation sites (tertiary alicyclic amines) is 1. The first-order valence-corrected chi connectivity index (χ1v) is 9.09. The highest BCUT2D eigenvalue weighted by molar-refractivity contribution is 7.14. The Morgan fingerprint density at radius 3 is 2.75 bits per heavy atom. The Morgan fingerprint density at radius 2 is 2.08 bits per heavy atom. The van der Waals surface area contributed by atoms with Gasteiger partial charge in [0, 0.05) is 17.5 Å². The highest BCUT2D eigenvalue weighted by Gasteiger charge is 2.12. The molecule has 0 atom stereocenters. The molecule has 1 fully saturated rings. The molecular formula is C17H22FN5S. The molecule has 0 aliphatic carbocycles. The monoisotopic (exact) mass is 347 g/mol. The van der Waals surface area contributed by atoms with Gasteiger partial charge in [0.25, 0.3) is 0 Å². The third-order valence-corrected chi connectivity index (χ3v) is 4.83. The maximum absolute atomic E-state index is 14.3. The van der Waals surface area contributed by atoms with Gasteiger partial charge in [-0.15, -0.1) is 11.3 Å². The first kappa shape index (κ1) is 16.9. The van der Waals surface area contributed by atoms with Crippen molar-refractivity contribution in [3.8, 4) is 0 Å². The van der Waals surface area contributed by atoms with Gasteiger partial charge in [-0.1, -0.05) is 25.0 Å². The lowest BCUT2D eigenvalue weighted by molar-refractivity contribution is 0.273. The van der Waals surface area contributed by atoms with E-state index in [9.17, 15) is 4.39 Å². The van der Waals surface area contributed by atoms with Crippen LogP contribution in [-0.2, 0) is 6.54 Å². The molecule has 7 heteroatoms. The third kappa shape index (κ3) is 4.75. The van der Waals surface area contributed by atoms with Crippen molar-refractivity contribution >= 4 is 28.5 Å². The maximum Gasteiger partial charge on any atom is 0.205 e. The first-order valence-electron chi connectivity index (χ1n) is 8.21. The Hall–Kier alpha value is -1.99. The first-order chi connectivity index (χ1) is 11.7. The number of halogens is 1. The summed E-state index contributed by atoms with van der Waals surface area (Å²) in [5.41, 5.74) is 9.78. The van der Waals surface area contributed by atoms with Crippen molar-refractivity contribution in [2.24, 2.45) is 5.10 Å². The Morgan fingerprint density at radius 1 is 1.29 bits per heavy atom. The highest BCUT2D eigenvalue weighted by atomic mass is 32.1. The number of thiazole rings is 1. The third-order valence-electron chi connectivity index (χ3n) is 4.07. The van der Waals surface area contributed by atoms with Crippen LogP contribution in [0.5, 0.6) is 0 Å². The second-order valence-electron chi connectivity index (χ2n) is 5.99. The summed E-state index contributed by atoms with van der Waals surface area (Å²) < 4.78 is 14.3. The Bertz CT molecular complexity index is 692. The molecule has 0 bridgehead atoms. The number of rotatable bonds is 5. The molecule has 0 saturated carbocycles. The molecule has 2 aromatic rings. The zero-order chi connectivity index (χ0) is 16.8. The number of hydrazone groups is 1. The summed E-state index contributed by atoms with van der Waals surface area (Å²) in [6, 6.07) is 5.26. The largest absolute Gasteiger partial charge is 0.383 e. The fraction of sp³-hybridized carbons (Fsp3) is 0.412. The maximum atomic E-state index is 14.3. The smallest absolute Gasteiger partial charge is 0.205 e. The van der Waals surface area contributed by atoms with Crippen molar-refractivity contribution in [3.63, 3.8) is 0 Å². The number of hydrogen-bond acceptors (Lipinski definition) is 6. The van der Waals surface area contributed by atoms with Crippen LogP contribution in [0, 0.1) is 5.82 Å². The van der Waals surface area contributed by atoms with E-state index in [0.29, 0.717) is 23.1 Å². The van der Waals surface area contributed by atoms with E-state index in [1.807, 2.05) is 12.1 Å². The predicted octanol–water partition coefficient (Wildman–Crippen LogP) is 3.69. The topological polar surface area (TPSA) is 66.5 Å². The van der Waals surface area contributed by atoms with Crippen molar-refractivity contribution in [2.45, 2.75) is 32.2 Å². The number of aromatic nitrogens is 1. The molecule has 3 N–H and O–H groups in total. The van der Waals surface area contributed by atoms with Gasteiger partial charge in [-0.05, 0) is 37.6 Å². The molecule has 1 aliphatic rings. The van der Waals surface area contributed by atoms with Gasteiger partial charge in [0.1, 0.15) is 11.6 Å². The number of hydrogen-bond donors (Lipinski definition) is 2. The molecule has 0 unspecified atom stereocenters. The van der Waals surface area contributed by atoms with Gasteiger partial charge in [-0.25, -0.2) is 9.37 Å². The second kappa shape index (κ2) is 8.21. The predicted molar refractivity (Wildman–Crippen MR) is 97.9 cm³/mol. The molecule has 128 valence electrons.